The largest absolute Gasteiger partial charge is 0.378 e. The molecule has 0 atom stereocenters. The Labute approximate surface area is 303 Å². The van der Waals surface area contributed by atoms with Crippen LogP contribution in [0.4, 0.5) is 11.4 Å². The molecule has 238 valence electrons. The Hall–Kier alpha value is -6.26. The molecular weight excluding hydrogens is 609 g/mol. The van der Waals surface area contributed by atoms with Crippen molar-refractivity contribution in [3.63, 3.8) is 0 Å². The predicted molar refractivity (Wildman–Crippen MR) is 215 cm³/mol. The quantitative estimate of drug-likeness (QED) is 0.188. The van der Waals surface area contributed by atoms with Gasteiger partial charge in [-0.1, -0.05) is 84.7 Å². The minimum absolute atomic E-state index is 0.152. The van der Waals surface area contributed by atoms with Gasteiger partial charge in [0.2, 0.25) is 0 Å². The van der Waals surface area contributed by atoms with Crippen molar-refractivity contribution in [2.45, 2.75) is 0 Å². The highest BCUT2D eigenvalue weighted by Crippen LogP contribution is 2.47. The van der Waals surface area contributed by atoms with Crippen LogP contribution in [0.15, 0.2) is 133 Å². The zero-order valence-corrected chi connectivity index (χ0v) is 27.7. The molecule has 4 aromatic heterocycles. The maximum Gasteiger partial charge on any atom is 0.0629 e. The number of hydrogen-bond donors (Lipinski definition) is 0. The maximum atomic E-state index is 8.76. The van der Waals surface area contributed by atoms with Gasteiger partial charge in [0.25, 0.3) is 0 Å². The summed E-state index contributed by atoms with van der Waals surface area (Å²) in [7, 11) is 8.04. The molecule has 4 heteroatoms. The molecule has 0 spiro atoms. The molecule has 0 N–H and O–H groups in total. The molecule has 0 saturated carbocycles. The summed E-state index contributed by atoms with van der Waals surface area (Å²) in [5.41, 5.74) is 9.02. The molecule has 0 saturated heterocycles. The van der Waals surface area contributed by atoms with E-state index in [9.17, 15) is 0 Å². The first-order valence-electron chi connectivity index (χ1n) is 21.5. The van der Waals surface area contributed by atoms with E-state index in [4.69, 9.17) is 13.7 Å². The first-order valence-corrected chi connectivity index (χ1v) is 16.5. The molecule has 0 unspecified atom stereocenters. The van der Waals surface area contributed by atoms with Crippen LogP contribution < -0.4 is 9.80 Å². The third kappa shape index (κ3) is 3.55. The van der Waals surface area contributed by atoms with Gasteiger partial charge in [-0.15, -0.1) is 0 Å². The van der Waals surface area contributed by atoms with Crippen LogP contribution in [-0.2, 0) is 0 Å². The zero-order valence-electron chi connectivity index (χ0n) is 37.7. The third-order valence-corrected chi connectivity index (χ3v) is 10.5. The molecule has 0 aliphatic rings. The first-order chi connectivity index (χ1) is 28.6. The van der Waals surface area contributed by atoms with Crippen molar-refractivity contribution in [3.05, 3.63) is 133 Å². The Morgan fingerprint density at radius 2 is 0.740 bits per heavy atom. The van der Waals surface area contributed by atoms with Crippen LogP contribution in [0.2, 0.25) is 0 Å². The van der Waals surface area contributed by atoms with Crippen LogP contribution in [0.5, 0.6) is 0 Å². The molecule has 0 amide bonds. The number of benzene rings is 7. The molecule has 11 rings (SSSR count). The van der Waals surface area contributed by atoms with E-state index in [0.717, 1.165) is 87.6 Å². The summed E-state index contributed by atoms with van der Waals surface area (Å²) in [4.78, 5) is 4.15. The second kappa shape index (κ2) is 9.67. The molecule has 4 nitrogen and oxygen atoms in total. The minimum Gasteiger partial charge on any atom is -0.378 e. The van der Waals surface area contributed by atoms with Crippen LogP contribution in [0.1, 0.15) is 13.7 Å². The standard InChI is InChI=1S/C46H34N4/c1-47(2)31-21-37-33-17-15-29(27-11-7-5-8-12-27)19-41(33)49-43-26-36-40-24-32(48(3)4)22-38-34-18-16-30(28-13-9-6-10-14-28)20-42(34)50(46(38)40)44(36)25-35(43)39(23-31)45(37)49/h5-26H,1-4H3/i5D,6D,7D,8D,9D,10D,11D,12D,13D,14D. The SMILES string of the molecule is [2H]c1c([2H])c([2H])c(-c2ccc3c4cc(N(C)C)cc5c6cc7c(cc6n(c3c2)c45)c2cc(N(C)C)cc3c4ccc(-c5c([2H])c([2H])c([2H])c([2H])c5[2H])cc4n7c32)c([2H])c1[2H]. The second-order valence-electron chi connectivity index (χ2n) is 13.6. The maximum absolute atomic E-state index is 8.76. The number of hydrogen-bond acceptors (Lipinski definition) is 2. The van der Waals surface area contributed by atoms with Crippen LogP contribution >= 0.6 is 0 Å². The molecule has 0 bridgehead atoms. The van der Waals surface area contributed by atoms with Gasteiger partial charge < -0.3 is 18.6 Å². The molecule has 4 heterocycles. The first kappa shape index (κ1) is 19.7. The fourth-order valence-corrected chi connectivity index (χ4v) is 8.17. The van der Waals surface area contributed by atoms with Gasteiger partial charge in [-0.2, -0.15) is 0 Å². The van der Waals surface area contributed by atoms with E-state index >= 15 is 0 Å². The highest BCUT2D eigenvalue weighted by Gasteiger charge is 2.24. The normalized spacial score (nSPS) is 15.2. The van der Waals surface area contributed by atoms with Gasteiger partial charge in [-0.05, 0) is 70.8 Å². The summed E-state index contributed by atoms with van der Waals surface area (Å²) in [6.45, 7) is 0. The Kier molecular flexibility index (Phi) is 3.80. The molecule has 0 fully saturated rings. The van der Waals surface area contributed by atoms with E-state index in [0.29, 0.717) is 11.1 Å². The molecule has 0 aliphatic carbocycles. The van der Waals surface area contributed by atoms with E-state index in [1.807, 2.05) is 64.6 Å². The number of rotatable bonds is 4. The molecule has 50 heavy (non-hydrogen) atoms. The monoisotopic (exact) mass is 652 g/mol. The Bertz CT molecular complexity index is 3430. The lowest BCUT2D eigenvalue weighted by Crippen LogP contribution is -2.08. The average molecular weight is 653 g/mol. The second-order valence-corrected chi connectivity index (χ2v) is 13.6. The van der Waals surface area contributed by atoms with Crippen molar-refractivity contribution in [1.82, 2.24) is 8.80 Å². The number of aromatic nitrogens is 2. The van der Waals surface area contributed by atoms with Gasteiger partial charge in [0, 0.05) is 82.7 Å². The lowest BCUT2D eigenvalue weighted by Gasteiger charge is -2.13. The van der Waals surface area contributed by atoms with Crippen molar-refractivity contribution in [3.8, 4) is 22.3 Å². The van der Waals surface area contributed by atoms with Gasteiger partial charge in [-0.25, -0.2) is 0 Å². The summed E-state index contributed by atoms with van der Waals surface area (Å²) in [5, 5.41) is 8.09. The summed E-state index contributed by atoms with van der Waals surface area (Å²) in [6.07, 6.45) is 0. The van der Waals surface area contributed by atoms with Gasteiger partial charge in [0.1, 0.15) is 0 Å². The lowest BCUT2D eigenvalue weighted by atomic mass is 10.0. The third-order valence-electron chi connectivity index (χ3n) is 10.5. The summed E-state index contributed by atoms with van der Waals surface area (Å²) in [6, 6.07) is 21.3. The number of fused-ring (bicyclic) bond motifs is 12. The Morgan fingerprint density at radius 1 is 0.380 bits per heavy atom. The zero-order chi connectivity index (χ0) is 42.1. The highest BCUT2D eigenvalue weighted by molar-refractivity contribution is 6.30. The minimum atomic E-state index is -0.429. The van der Waals surface area contributed by atoms with Crippen molar-refractivity contribution >= 4 is 87.6 Å². The van der Waals surface area contributed by atoms with Gasteiger partial charge in [-0.3, -0.25) is 0 Å². The van der Waals surface area contributed by atoms with Crippen molar-refractivity contribution in [2.75, 3.05) is 38.0 Å². The lowest BCUT2D eigenvalue weighted by molar-refractivity contribution is 1.14. The van der Waals surface area contributed by atoms with E-state index in [-0.39, 0.29) is 59.5 Å². The summed E-state index contributed by atoms with van der Waals surface area (Å²) >= 11 is 0. The molecule has 11 aromatic rings. The Morgan fingerprint density at radius 3 is 1.12 bits per heavy atom. The smallest absolute Gasteiger partial charge is 0.0629 e. The van der Waals surface area contributed by atoms with E-state index in [1.54, 1.807) is 0 Å². The fourth-order valence-electron chi connectivity index (χ4n) is 8.17. The van der Waals surface area contributed by atoms with Gasteiger partial charge in [0.15, 0.2) is 0 Å². The van der Waals surface area contributed by atoms with Gasteiger partial charge >= 0.3 is 0 Å². The predicted octanol–water partition coefficient (Wildman–Crippen LogP) is 11.5. The molecule has 0 aliphatic heterocycles. The van der Waals surface area contributed by atoms with Crippen molar-refractivity contribution < 1.29 is 13.7 Å². The number of nitrogens with zero attached hydrogens (tertiary/aromatic N) is 4. The van der Waals surface area contributed by atoms with Crippen LogP contribution in [0.25, 0.3) is 98.4 Å². The Balaban J connectivity index is 1.29. The average Bonchev–Trinajstić information content (AvgIpc) is 3.95. The van der Waals surface area contributed by atoms with E-state index < -0.39 is 12.1 Å². The van der Waals surface area contributed by atoms with E-state index in [2.05, 4.69) is 55.0 Å². The van der Waals surface area contributed by atoms with Crippen molar-refractivity contribution in [2.24, 2.45) is 0 Å². The van der Waals surface area contributed by atoms with Gasteiger partial charge in [0.05, 0.1) is 46.8 Å². The molecule has 7 aromatic carbocycles. The summed E-state index contributed by atoms with van der Waals surface area (Å²) < 4.78 is 89.3. The van der Waals surface area contributed by atoms with E-state index in [1.165, 1.54) is 0 Å². The van der Waals surface area contributed by atoms with Crippen LogP contribution in [0.3, 0.4) is 0 Å². The summed E-state index contributed by atoms with van der Waals surface area (Å²) in [5.74, 6) is 0. The molecular formula is C46H34N4. The van der Waals surface area contributed by atoms with Crippen LogP contribution in [0, 0.1) is 0 Å². The number of anilines is 2. The van der Waals surface area contributed by atoms with Crippen LogP contribution in [-0.4, -0.2) is 37.0 Å². The highest BCUT2D eigenvalue weighted by atomic mass is 15.1. The van der Waals surface area contributed by atoms with Crippen molar-refractivity contribution in [1.29, 1.82) is 0 Å². The topological polar surface area (TPSA) is 15.3 Å². The molecule has 0 radical (unpaired) electrons. The fraction of sp³-hybridized carbons (Fsp3) is 0.0870.